The van der Waals surface area contributed by atoms with Gasteiger partial charge in [0.1, 0.15) is 23.0 Å². The summed E-state index contributed by atoms with van der Waals surface area (Å²) in [6.45, 7) is 1.86. The minimum Gasteiger partial charge on any atom is -0.490 e. The van der Waals surface area contributed by atoms with Crippen LogP contribution in [-0.2, 0) is 9.53 Å². The Balaban J connectivity index is 1.50. The number of nitrogens with zero attached hydrogens (tertiary/aromatic N) is 1. The molecule has 0 aliphatic carbocycles. The van der Waals surface area contributed by atoms with E-state index in [1.54, 1.807) is 37.5 Å². The van der Waals surface area contributed by atoms with Crippen LogP contribution in [-0.4, -0.2) is 47.3 Å². The molecule has 4 N–H and O–H groups in total. The number of aromatic amines is 1. The van der Waals surface area contributed by atoms with Crippen LogP contribution in [0.1, 0.15) is 24.2 Å². The van der Waals surface area contributed by atoms with Crippen LogP contribution in [0.2, 0.25) is 5.02 Å². The molecule has 3 heterocycles. The molecular formula is C26H24ClFN4O5. The maximum absolute atomic E-state index is 14.0. The third-order valence-electron chi connectivity index (χ3n) is 6.24. The van der Waals surface area contributed by atoms with Gasteiger partial charge >= 0.3 is 0 Å². The number of fused-ring (bicyclic) bond motifs is 3. The fourth-order valence-corrected chi connectivity index (χ4v) is 4.67. The predicted molar refractivity (Wildman–Crippen MR) is 137 cm³/mol. The Labute approximate surface area is 216 Å². The predicted octanol–water partition coefficient (Wildman–Crippen LogP) is 5.01. The van der Waals surface area contributed by atoms with Crippen LogP contribution in [0.25, 0.3) is 11.0 Å². The van der Waals surface area contributed by atoms with Crippen molar-refractivity contribution in [3.63, 3.8) is 0 Å². The molecule has 5 rings (SSSR count). The van der Waals surface area contributed by atoms with Crippen molar-refractivity contribution in [1.29, 1.82) is 0 Å². The third-order valence-corrected chi connectivity index (χ3v) is 6.57. The summed E-state index contributed by atoms with van der Waals surface area (Å²) < 4.78 is 30.1. The molecule has 1 aliphatic rings. The first-order valence-corrected chi connectivity index (χ1v) is 11.7. The number of aromatic nitrogens is 2. The lowest BCUT2D eigenvalue weighted by Gasteiger charge is -2.35. The van der Waals surface area contributed by atoms with Gasteiger partial charge in [-0.25, -0.2) is 9.37 Å². The number of methoxy groups -OCH3 is 2. The fourth-order valence-electron chi connectivity index (χ4n) is 4.40. The van der Waals surface area contributed by atoms with Crippen molar-refractivity contribution >= 4 is 39.9 Å². The van der Waals surface area contributed by atoms with Crippen LogP contribution in [0.3, 0.4) is 0 Å². The zero-order valence-corrected chi connectivity index (χ0v) is 20.9. The molecule has 37 heavy (non-hydrogen) atoms. The van der Waals surface area contributed by atoms with Crippen LogP contribution in [0.5, 0.6) is 17.2 Å². The topological polar surface area (TPSA) is 118 Å². The van der Waals surface area contributed by atoms with Gasteiger partial charge in [0.2, 0.25) is 0 Å². The van der Waals surface area contributed by atoms with Crippen LogP contribution < -0.4 is 20.1 Å². The number of rotatable bonds is 7. The Morgan fingerprint density at radius 1 is 1.22 bits per heavy atom. The zero-order valence-electron chi connectivity index (χ0n) is 20.2. The molecule has 0 fully saturated rings. The monoisotopic (exact) mass is 526 g/mol. The van der Waals surface area contributed by atoms with Gasteiger partial charge in [-0.15, -0.1) is 0 Å². The highest BCUT2D eigenvalue weighted by Crippen LogP contribution is 2.42. The average molecular weight is 527 g/mol. The number of anilines is 2. The molecule has 4 aromatic rings. The average Bonchev–Trinajstić information content (AvgIpc) is 3.30. The Morgan fingerprint density at radius 3 is 2.76 bits per heavy atom. The molecule has 0 saturated carbocycles. The number of pyridine rings is 1. The van der Waals surface area contributed by atoms with Crippen LogP contribution in [0.15, 0.2) is 48.8 Å². The summed E-state index contributed by atoms with van der Waals surface area (Å²) in [4.78, 5) is 20.1. The van der Waals surface area contributed by atoms with Crippen LogP contribution >= 0.6 is 11.6 Å². The molecule has 192 valence electrons. The second-order valence-electron chi connectivity index (χ2n) is 8.82. The van der Waals surface area contributed by atoms with Gasteiger partial charge in [0.05, 0.1) is 41.7 Å². The van der Waals surface area contributed by atoms with Gasteiger partial charge in [-0.05, 0) is 31.2 Å². The largest absolute Gasteiger partial charge is 0.490 e. The van der Waals surface area contributed by atoms with Crippen LogP contribution in [0, 0.1) is 5.82 Å². The Bertz CT molecular complexity index is 1510. The number of aliphatic hydroxyl groups excluding tert-OH is 1. The number of amides is 1. The van der Waals surface area contributed by atoms with Gasteiger partial charge in [0, 0.05) is 24.4 Å². The maximum Gasteiger partial charge on any atom is 0.252 e. The molecule has 2 atom stereocenters. The number of para-hydroxylation sites is 1. The van der Waals surface area contributed by atoms with Crippen molar-refractivity contribution in [2.45, 2.75) is 18.6 Å². The molecule has 11 heteroatoms. The normalized spacial score (nSPS) is 17.6. The van der Waals surface area contributed by atoms with Crippen molar-refractivity contribution in [3.05, 3.63) is 70.8 Å². The Kier molecular flexibility index (Phi) is 6.40. The van der Waals surface area contributed by atoms with Gasteiger partial charge in [0.15, 0.2) is 17.3 Å². The molecule has 0 bridgehead atoms. The lowest BCUT2D eigenvalue weighted by Crippen LogP contribution is -2.53. The van der Waals surface area contributed by atoms with Gasteiger partial charge in [-0.2, -0.15) is 0 Å². The summed E-state index contributed by atoms with van der Waals surface area (Å²) in [5.74, 6) is -0.315. The van der Waals surface area contributed by atoms with Crippen molar-refractivity contribution in [3.8, 4) is 17.2 Å². The van der Waals surface area contributed by atoms with Crippen molar-refractivity contribution in [2.24, 2.45) is 0 Å². The Hall–Kier alpha value is -3.86. The van der Waals surface area contributed by atoms with E-state index >= 15 is 0 Å². The number of aliphatic hydroxyl groups is 1. The van der Waals surface area contributed by atoms with Gasteiger partial charge in [-0.3, -0.25) is 4.79 Å². The number of hydrogen-bond donors (Lipinski definition) is 4. The smallest absolute Gasteiger partial charge is 0.252 e. The SMILES string of the molecule is COC[C@]1(C)Nc2c(cnc3[nH]cc(C(O)c4ccc(Oc5cccc(F)c5OC)cc4Cl)c23)NC1=O. The van der Waals surface area contributed by atoms with Crippen LogP contribution in [0.4, 0.5) is 15.8 Å². The second-order valence-corrected chi connectivity index (χ2v) is 9.23. The second kappa shape index (κ2) is 9.55. The summed E-state index contributed by atoms with van der Waals surface area (Å²) >= 11 is 6.55. The summed E-state index contributed by atoms with van der Waals surface area (Å²) in [7, 11) is 2.87. The van der Waals surface area contributed by atoms with E-state index in [1.807, 2.05) is 0 Å². The number of hydrogen-bond acceptors (Lipinski definition) is 7. The van der Waals surface area contributed by atoms with E-state index in [1.165, 1.54) is 32.4 Å². The molecule has 1 unspecified atom stereocenters. The summed E-state index contributed by atoms with van der Waals surface area (Å²) in [6, 6.07) is 9.12. The number of nitrogens with one attached hydrogen (secondary N) is 3. The highest BCUT2D eigenvalue weighted by atomic mass is 35.5. The zero-order chi connectivity index (χ0) is 26.3. The third kappa shape index (κ3) is 4.33. The Morgan fingerprint density at radius 2 is 2.03 bits per heavy atom. The minimum absolute atomic E-state index is 0.0288. The molecular weight excluding hydrogens is 503 g/mol. The van der Waals surface area contributed by atoms with Crippen molar-refractivity contribution in [2.75, 3.05) is 31.5 Å². The van der Waals surface area contributed by atoms with E-state index in [4.69, 9.17) is 25.8 Å². The van der Waals surface area contributed by atoms with E-state index in [-0.39, 0.29) is 29.0 Å². The minimum atomic E-state index is -1.14. The standard InChI is InChI=1S/C26H24ClFN4O5/c1-26(12-35-2)25(34)31-18-11-30-24-20(21(18)32-26)15(10-29-24)22(33)14-8-7-13(9-16(14)27)37-19-6-4-5-17(28)23(19)36-3/h4-11,22,32-33H,12H2,1-3H3,(H,29,30)(H,31,34)/t22?,26-/m0/s1. The first-order chi connectivity index (χ1) is 17.8. The summed E-state index contributed by atoms with van der Waals surface area (Å²) in [5.41, 5.74) is 1.50. The lowest BCUT2D eigenvalue weighted by molar-refractivity contribution is -0.121. The first kappa shape index (κ1) is 24.8. The molecule has 1 aliphatic heterocycles. The number of carbonyl (C=O) groups is 1. The highest BCUT2D eigenvalue weighted by Gasteiger charge is 2.39. The first-order valence-electron chi connectivity index (χ1n) is 11.3. The molecule has 0 spiro atoms. The van der Waals surface area contributed by atoms with Gasteiger partial charge in [-0.1, -0.05) is 23.7 Å². The molecule has 0 saturated heterocycles. The summed E-state index contributed by atoms with van der Waals surface area (Å²) in [6.07, 6.45) is 2.05. The van der Waals surface area contributed by atoms with Crippen molar-refractivity contribution in [1.82, 2.24) is 9.97 Å². The molecule has 1 amide bonds. The van der Waals surface area contributed by atoms with Gasteiger partial charge in [0.25, 0.3) is 5.91 Å². The number of halogens is 2. The van der Waals surface area contributed by atoms with E-state index < -0.39 is 17.5 Å². The molecule has 2 aromatic heterocycles. The van der Waals surface area contributed by atoms with Crippen molar-refractivity contribution < 1.29 is 28.5 Å². The number of carbonyl (C=O) groups excluding carboxylic acids is 1. The molecule has 9 nitrogen and oxygen atoms in total. The molecule has 2 aromatic carbocycles. The van der Waals surface area contributed by atoms with E-state index in [0.717, 1.165) is 0 Å². The fraction of sp³-hybridized carbons (Fsp3) is 0.231. The van der Waals surface area contributed by atoms with E-state index in [2.05, 4.69) is 20.6 Å². The van der Waals surface area contributed by atoms with E-state index in [0.29, 0.717) is 39.3 Å². The number of H-pyrrole nitrogens is 1. The summed E-state index contributed by atoms with van der Waals surface area (Å²) in [5, 5.41) is 18.3. The number of ether oxygens (including phenoxy) is 3. The highest BCUT2D eigenvalue weighted by molar-refractivity contribution is 6.31. The number of benzene rings is 2. The maximum atomic E-state index is 14.0. The van der Waals surface area contributed by atoms with E-state index in [9.17, 15) is 14.3 Å². The quantitative estimate of drug-likeness (QED) is 0.267. The molecule has 0 radical (unpaired) electrons. The van der Waals surface area contributed by atoms with Gasteiger partial charge < -0.3 is 34.9 Å². The lowest BCUT2D eigenvalue weighted by atomic mass is 9.95.